The molecule has 0 saturated carbocycles. The maximum absolute atomic E-state index is 12.1. The van der Waals surface area contributed by atoms with E-state index in [-0.39, 0.29) is 18.3 Å². The predicted octanol–water partition coefficient (Wildman–Crippen LogP) is 0.835. The Bertz CT molecular complexity index is 611. The molecule has 1 saturated heterocycles. The molecule has 132 valence electrons. The molecule has 9 heteroatoms. The number of hydrogen-bond acceptors (Lipinski definition) is 6. The first kappa shape index (κ1) is 18.9. The van der Waals surface area contributed by atoms with Crippen LogP contribution in [-0.2, 0) is 6.54 Å². The van der Waals surface area contributed by atoms with Crippen LogP contribution >= 0.6 is 23.7 Å². The van der Waals surface area contributed by atoms with Crippen molar-refractivity contribution in [3.05, 3.63) is 34.3 Å². The van der Waals surface area contributed by atoms with Gasteiger partial charge < -0.3 is 15.5 Å². The summed E-state index contributed by atoms with van der Waals surface area (Å²) < 4.78 is 1.70. The maximum atomic E-state index is 12.1. The molecule has 0 atom stereocenters. The first-order valence-corrected chi connectivity index (χ1v) is 8.83. The highest BCUT2D eigenvalue weighted by molar-refractivity contribution is 7.09. The number of nitrogens with zero attached hydrogens (tertiary/aromatic N) is 4. The lowest BCUT2D eigenvalue weighted by molar-refractivity contribution is 0.0946. The molecule has 2 aromatic heterocycles. The fraction of sp³-hybridized carbons (Fsp3) is 0.533. The number of hydrogen-bond donors (Lipinski definition) is 2. The molecule has 1 aliphatic heterocycles. The molecule has 2 N–H and O–H groups in total. The number of rotatable bonds is 7. The molecule has 7 nitrogen and oxygen atoms in total. The number of halogens is 1. The highest BCUT2D eigenvalue weighted by Crippen LogP contribution is 2.09. The van der Waals surface area contributed by atoms with E-state index >= 15 is 0 Å². The highest BCUT2D eigenvalue weighted by atomic mass is 35.5. The van der Waals surface area contributed by atoms with Gasteiger partial charge in [-0.1, -0.05) is 11.3 Å². The van der Waals surface area contributed by atoms with Crippen LogP contribution in [0.25, 0.3) is 0 Å². The third-order valence-electron chi connectivity index (χ3n) is 3.82. The topological polar surface area (TPSA) is 75.1 Å². The Labute approximate surface area is 151 Å². The zero-order valence-corrected chi connectivity index (χ0v) is 15.1. The summed E-state index contributed by atoms with van der Waals surface area (Å²) >= 11 is 1.67. The molecule has 2 aromatic rings. The fourth-order valence-corrected chi connectivity index (χ4v) is 3.27. The van der Waals surface area contributed by atoms with Crippen molar-refractivity contribution in [3.8, 4) is 0 Å². The van der Waals surface area contributed by atoms with Crippen LogP contribution in [0, 0.1) is 0 Å². The lowest BCUT2D eigenvalue weighted by atomic mass is 10.3. The van der Waals surface area contributed by atoms with E-state index in [4.69, 9.17) is 0 Å². The molecule has 0 spiro atoms. The van der Waals surface area contributed by atoms with E-state index in [1.807, 2.05) is 17.5 Å². The van der Waals surface area contributed by atoms with Crippen LogP contribution in [0.2, 0.25) is 0 Å². The molecule has 1 aliphatic rings. The standard InChI is InChI=1S/C15H22N6OS.ClH/c22-15(17-4-2-7-20-8-5-16-6-9-20)14-12-21(19-18-14)11-13-3-1-10-23-13;/h1,3,10,12,16H,2,4-9,11H2,(H,17,22);1H. The molecule has 0 radical (unpaired) electrons. The number of aromatic nitrogens is 3. The first-order chi connectivity index (χ1) is 11.3. The van der Waals surface area contributed by atoms with Gasteiger partial charge in [-0.05, 0) is 24.4 Å². The number of carbonyl (C=O) groups excluding carboxylic acids is 1. The van der Waals surface area contributed by atoms with Crippen LogP contribution in [0.3, 0.4) is 0 Å². The lowest BCUT2D eigenvalue weighted by Crippen LogP contribution is -2.44. The molecule has 3 rings (SSSR count). The predicted molar refractivity (Wildman–Crippen MR) is 97.0 cm³/mol. The summed E-state index contributed by atoms with van der Waals surface area (Å²) in [6.07, 6.45) is 2.65. The number of nitrogens with one attached hydrogen (secondary N) is 2. The summed E-state index contributed by atoms with van der Waals surface area (Å²) in [5.41, 5.74) is 0.378. The number of carbonyl (C=O) groups is 1. The summed E-state index contributed by atoms with van der Waals surface area (Å²) in [7, 11) is 0. The van der Waals surface area contributed by atoms with Crippen LogP contribution < -0.4 is 10.6 Å². The zero-order chi connectivity index (χ0) is 15.9. The molecular weight excluding hydrogens is 348 g/mol. The van der Waals surface area contributed by atoms with E-state index in [2.05, 4.69) is 25.8 Å². The molecule has 1 amide bonds. The smallest absolute Gasteiger partial charge is 0.273 e. The summed E-state index contributed by atoms with van der Waals surface area (Å²) in [6, 6.07) is 4.05. The van der Waals surface area contributed by atoms with Crippen LogP contribution in [0.4, 0.5) is 0 Å². The fourth-order valence-electron chi connectivity index (χ4n) is 2.57. The average Bonchev–Trinajstić information content (AvgIpc) is 3.25. The van der Waals surface area contributed by atoms with E-state index < -0.39 is 0 Å². The molecule has 0 bridgehead atoms. The van der Waals surface area contributed by atoms with E-state index in [0.717, 1.165) is 39.1 Å². The van der Waals surface area contributed by atoms with Gasteiger partial charge in [0.2, 0.25) is 0 Å². The molecule has 0 unspecified atom stereocenters. The number of thiophene rings is 1. The number of amides is 1. The van der Waals surface area contributed by atoms with Gasteiger partial charge in [0.05, 0.1) is 12.7 Å². The summed E-state index contributed by atoms with van der Waals surface area (Å²) in [6.45, 7) is 6.63. The Morgan fingerprint density at radius 2 is 2.21 bits per heavy atom. The molecule has 24 heavy (non-hydrogen) atoms. The second-order valence-corrected chi connectivity index (χ2v) is 6.61. The summed E-state index contributed by atoms with van der Waals surface area (Å²) in [4.78, 5) is 15.7. The van der Waals surface area contributed by atoms with Crippen molar-refractivity contribution in [2.24, 2.45) is 0 Å². The lowest BCUT2D eigenvalue weighted by Gasteiger charge is -2.26. The van der Waals surface area contributed by atoms with E-state index in [1.54, 1.807) is 22.2 Å². The van der Waals surface area contributed by atoms with Crippen LogP contribution in [0.1, 0.15) is 21.8 Å². The second kappa shape index (κ2) is 9.73. The van der Waals surface area contributed by atoms with Gasteiger partial charge in [-0.15, -0.1) is 28.8 Å². The summed E-state index contributed by atoms with van der Waals surface area (Å²) in [5.74, 6) is -0.150. The Balaban J connectivity index is 0.00000208. The minimum atomic E-state index is -0.150. The van der Waals surface area contributed by atoms with Crippen molar-refractivity contribution in [2.75, 3.05) is 39.3 Å². The van der Waals surface area contributed by atoms with E-state index in [0.29, 0.717) is 18.8 Å². The molecule has 1 fully saturated rings. The van der Waals surface area contributed by atoms with Gasteiger partial charge in [0.1, 0.15) is 0 Å². The van der Waals surface area contributed by atoms with E-state index in [1.165, 1.54) is 4.88 Å². The monoisotopic (exact) mass is 370 g/mol. The van der Waals surface area contributed by atoms with Crippen LogP contribution in [0.15, 0.2) is 23.7 Å². The zero-order valence-electron chi connectivity index (χ0n) is 13.5. The Morgan fingerprint density at radius 3 is 2.96 bits per heavy atom. The Hall–Kier alpha value is -1.48. The van der Waals surface area contributed by atoms with E-state index in [9.17, 15) is 4.79 Å². The highest BCUT2D eigenvalue weighted by Gasteiger charge is 2.12. The van der Waals surface area contributed by atoms with Gasteiger partial charge >= 0.3 is 0 Å². The van der Waals surface area contributed by atoms with Crippen molar-refractivity contribution >= 4 is 29.7 Å². The summed E-state index contributed by atoms with van der Waals surface area (Å²) in [5, 5.41) is 16.2. The van der Waals surface area contributed by atoms with Crippen molar-refractivity contribution in [2.45, 2.75) is 13.0 Å². The third-order valence-corrected chi connectivity index (χ3v) is 4.68. The Morgan fingerprint density at radius 1 is 1.38 bits per heavy atom. The SMILES string of the molecule is Cl.O=C(NCCCN1CCNCC1)c1cn(Cc2cccs2)nn1. The third kappa shape index (κ3) is 5.55. The Kier molecular flexibility index (Phi) is 7.64. The average molecular weight is 371 g/mol. The van der Waals surface area contributed by atoms with Crippen molar-refractivity contribution < 1.29 is 4.79 Å². The number of piperazine rings is 1. The first-order valence-electron chi connectivity index (χ1n) is 7.95. The van der Waals surface area contributed by atoms with Gasteiger partial charge in [-0.2, -0.15) is 0 Å². The minimum absolute atomic E-state index is 0. The van der Waals surface area contributed by atoms with Crippen LogP contribution in [-0.4, -0.2) is 65.1 Å². The van der Waals surface area contributed by atoms with Gasteiger partial charge in [0.25, 0.3) is 5.91 Å². The molecule has 0 aliphatic carbocycles. The van der Waals surface area contributed by atoms with Crippen molar-refractivity contribution in [3.63, 3.8) is 0 Å². The molecule has 3 heterocycles. The normalized spacial score (nSPS) is 15.0. The van der Waals surface area contributed by atoms with Gasteiger partial charge in [0.15, 0.2) is 5.69 Å². The quantitative estimate of drug-likeness (QED) is 0.706. The maximum Gasteiger partial charge on any atom is 0.273 e. The van der Waals surface area contributed by atoms with Crippen molar-refractivity contribution in [1.82, 2.24) is 30.5 Å². The van der Waals surface area contributed by atoms with Crippen molar-refractivity contribution in [1.29, 1.82) is 0 Å². The van der Waals surface area contributed by atoms with Crippen LogP contribution in [0.5, 0.6) is 0 Å². The van der Waals surface area contributed by atoms with Gasteiger partial charge in [0, 0.05) is 37.6 Å². The second-order valence-electron chi connectivity index (χ2n) is 5.58. The molecule has 0 aromatic carbocycles. The molecular formula is C15H23ClN6OS. The minimum Gasteiger partial charge on any atom is -0.351 e. The van der Waals surface area contributed by atoms with Gasteiger partial charge in [-0.25, -0.2) is 4.68 Å². The largest absolute Gasteiger partial charge is 0.351 e. The van der Waals surface area contributed by atoms with Gasteiger partial charge in [-0.3, -0.25) is 4.79 Å².